The van der Waals surface area contributed by atoms with Gasteiger partial charge in [-0.2, -0.15) is 5.10 Å². The van der Waals surface area contributed by atoms with Gasteiger partial charge in [0.05, 0.1) is 16.4 Å². The van der Waals surface area contributed by atoms with E-state index in [4.69, 9.17) is 11.6 Å². The summed E-state index contributed by atoms with van der Waals surface area (Å²) in [6.07, 6.45) is 1.51. The molecule has 2 heterocycles. The number of nitrogens with one attached hydrogen (secondary N) is 1. The molecule has 1 unspecified atom stereocenters. The van der Waals surface area contributed by atoms with Crippen LogP contribution in [0.1, 0.15) is 31.2 Å². The smallest absolute Gasteiger partial charge is 0.222 e. The van der Waals surface area contributed by atoms with E-state index < -0.39 is 0 Å². The minimum absolute atomic E-state index is 0.227. The maximum atomic E-state index is 11.4. The number of carbonyl (C=O) groups is 1. The van der Waals surface area contributed by atoms with Crippen LogP contribution in [0.4, 0.5) is 0 Å². The second kappa shape index (κ2) is 5.92. The number of carbonyl (C=O) groups excluding carboxylic acids is 1. The Balaban J connectivity index is 1.97. The highest BCUT2D eigenvalue weighted by molar-refractivity contribution is 6.31. The molecule has 106 valence electrons. The molecule has 0 aromatic carbocycles. The van der Waals surface area contributed by atoms with Gasteiger partial charge in [0.25, 0.3) is 0 Å². The molecule has 0 aliphatic carbocycles. The highest BCUT2D eigenvalue weighted by Crippen LogP contribution is 2.20. The lowest BCUT2D eigenvalue weighted by molar-refractivity contribution is -0.132. The summed E-state index contributed by atoms with van der Waals surface area (Å²) in [6, 6.07) is 0.333. The average Bonchev–Trinajstić information content (AvgIpc) is 2.67. The highest BCUT2D eigenvalue weighted by atomic mass is 35.5. The molecule has 0 radical (unpaired) electrons. The molecular weight excluding hydrogens is 264 g/mol. The molecule has 0 spiro atoms. The number of piperidine rings is 1. The minimum Gasteiger partial charge on any atom is -0.344 e. The Labute approximate surface area is 118 Å². The summed E-state index contributed by atoms with van der Waals surface area (Å²) in [5.41, 5.74) is 1.90. The van der Waals surface area contributed by atoms with Crippen LogP contribution < -0.4 is 5.32 Å². The van der Waals surface area contributed by atoms with Gasteiger partial charge in [-0.15, -0.1) is 0 Å². The summed E-state index contributed by atoms with van der Waals surface area (Å²) in [6.45, 7) is 6.24. The van der Waals surface area contributed by atoms with Crippen molar-refractivity contribution in [2.75, 3.05) is 13.6 Å². The van der Waals surface area contributed by atoms with Crippen molar-refractivity contribution >= 4 is 17.5 Å². The Morgan fingerprint density at radius 3 is 2.89 bits per heavy atom. The number of amides is 1. The normalized spacial score (nSPS) is 20.1. The topological polar surface area (TPSA) is 50.2 Å². The molecule has 1 atom stereocenters. The third-order valence-corrected chi connectivity index (χ3v) is 4.13. The molecule has 1 fully saturated rings. The van der Waals surface area contributed by atoms with Crippen molar-refractivity contribution in [3.8, 4) is 0 Å². The fraction of sp³-hybridized carbons (Fsp3) is 0.692. The van der Waals surface area contributed by atoms with Crippen molar-refractivity contribution in [3.05, 3.63) is 16.4 Å². The number of likely N-dealkylation sites (N-methyl/N-ethyl adjacent to an activating group) is 1. The summed E-state index contributed by atoms with van der Waals surface area (Å²) < 4.78 is 1.93. The average molecular weight is 285 g/mol. The Morgan fingerprint density at radius 2 is 2.26 bits per heavy atom. The van der Waals surface area contributed by atoms with Crippen molar-refractivity contribution in [2.45, 2.75) is 45.8 Å². The van der Waals surface area contributed by atoms with Gasteiger partial charge >= 0.3 is 0 Å². The van der Waals surface area contributed by atoms with Crippen molar-refractivity contribution < 1.29 is 4.79 Å². The Hall–Kier alpha value is -1.07. The lowest BCUT2D eigenvalue weighted by atomic mass is 10.1. The van der Waals surface area contributed by atoms with E-state index in [-0.39, 0.29) is 5.91 Å². The maximum absolute atomic E-state index is 11.4. The van der Waals surface area contributed by atoms with Gasteiger partial charge in [-0.25, -0.2) is 0 Å². The monoisotopic (exact) mass is 284 g/mol. The van der Waals surface area contributed by atoms with Crippen LogP contribution in [0, 0.1) is 6.92 Å². The molecule has 0 bridgehead atoms. The summed E-state index contributed by atoms with van der Waals surface area (Å²) in [5.74, 6) is 0.227. The van der Waals surface area contributed by atoms with E-state index in [0.717, 1.165) is 35.9 Å². The molecular formula is C13H21ClN4O. The first-order valence-corrected chi connectivity index (χ1v) is 7.09. The number of rotatable bonds is 4. The molecule has 1 saturated heterocycles. The van der Waals surface area contributed by atoms with Crippen LogP contribution in [0.2, 0.25) is 5.02 Å². The molecule has 1 aliphatic heterocycles. The molecule has 2 rings (SSSR count). The van der Waals surface area contributed by atoms with Crippen molar-refractivity contribution in [2.24, 2.45) is 0 Å². The van der Waals surface area contributed by atoms with Crippen molar-refractivity contribution in [3.63, 3.8) is 0 Å². The molecule has 1 aromatic rings. The minimum atomic E-state index is 0.227. The van der Waals surface area contributed by atoms with Crippen LogP contribution in [0.25, 0.3) is 0 Å². The van der Waals surface area contributed by atoms with Gasteiger partial charge in [0.15, 0.2) is 0 Å². The van der Waals surface area contributed by atoms with Gasteiger partial charge in [-0.1, -0.05) is 11.6 Å². The van der Waals surface area contributed by atoms with E-state index in [2.05, 4.69) is 17.3 Å². The number of likely N-dealkylation sites (tertiary alicyclic amines) is 1. The first-order chi connectivity index (χ1) is 9.02. The van der Waals surface area contributed by atoms with Gasteiger partial charge in [0.1, 0.15) is 0 Å². The third kappa shape index (κ3) is 3.09. The summed E-state index contributed by atoms with van der Waals surface area (Å²) >= 11 is 6.27. The van der Waals surface area contributed by atoms with Crippen LogP contribution >= 0.6 is 11.6 Å². The molecule has 1 amide bonds. The number of aromatic nitrogens is 2. The molecule has 6 heteroatoms. The maximum Gasteiger partial charge on any atom is 0.222 e. The fourth-order valence-corrected chi connectivity index (χ4v) is 2.66. The highest BCUT2D eigenvalue weighted by Gasteiger charge is 2.23. The van der Waals surface area contributed by atoms with Crippen molar-refractivity contribution in [1.82, 2.24) is 20.0 Å². The van der Waals surface area contributed by atoms with E-state index in [1.807, 2.05) is 18.7 Å². The zero-order valence-corrected chi connectivity index (χ0v) is 12.5. The van der Waals surface area contributed by atoms with E-state index in [1.165, 1.54) is 0 Å². The number of halogens is 1. The van der Waals surface area contributed by atoms with Crippen LogP contribution in [0.15, 0.2) is 0 Å². The van der Waals surface area contributed by atoms with Gasteiger partial charge in [-0.05, 0) is 20.3 Å². The van der Waals surface area contributed by atoms with Crippen molar-refractivity contribution in [1.29, 1.82) is 0 Å². The predicted molar refractivity (Wildman–Crippen MR) is 75.1 cm³/mol. The van der Waals surface area contributed by atoms with Crippen LogP contribution in [0.3, 0.4) is 0 Å². The lowest BCUT2D eigenvalue weighted by Crippen LogP contribution is -2.46. The number of hydrogen-bond acceptors (Lipinski definition) is 3. The first-order valence-electron chi connectivity index (χ1n) is 6.72. The quantitative estimate of drug-likeness (QED) is 0.913. The van der Waals surface area contributed by atoms with Crippen LogP contribution in [-0.4, -0.2) is 40.2 Å². The molecule has 0 saturated carbocycles. The molecule has 5 nitrogen and oxygen atoms in total. The van der Waals surface area contributed by atoms with Gasteiger partial charge < -0.3 is 10.2 Å². The second-order valence-electron chi connectivity index (χ2n) is 5.05. The fourth-order valence-electron chi connectivity index (χ4n) is 2.46. The van der Waals surface area contributed by atoms with E-state index in [9.17, 15) is 4.79 Å². The van der Waals surface area contributed by atoms with Gasteiger partial charge in [0.2, 0.25) is 5.91 Å². The number of aryl methyl sites for hydroxylation is 2. The SMILES string of the molecule is CCn1nc(C)c(Cl)c1CNC1CCC(=O)N(C)C1. The van der Waals surface area contributed by atoms with Gasteiger partial charge in [-0.3, -0.25) is 9.48 Å². The summed E-state index contributed by atoms with van der Waals surface area (Å²) in [7, 11) is 1.85. The Morgan fingerprint density at radius 1 is 1.53 bits per heavy atom. The summed E-state index contributed by atoms with van der Waals surface area (Å²) in [4.78, 5) is 13.2. The third-order valence-electron chi connectivity index (χ3n) is 3.64. The van der Waals surface area contributed by atoms with E-state index in [1.54, 1.807) is 4.90 Å². The predicted octanol–water partition coefficient (Wildman–Crippen LogP) is 1.58. The zero-order valence-electron chi connectivity index (χ0n) is 11.7. The largest absolute Gasteiger partial charge is 0.344 e. The lowest BCUT2D eigenvalue weighted by Gasteiger charge is -2.30. The molecule has 19 heavy (non-hydrogen) atoms. The first kappa shape index (κ1) is 14.3. The van der Waals surface area contributed by atoms with Crippen LogP contribution in [0.5, 0.6) is 0 Å². The second-order valence-corrected chi connectivity index (χ2v) is 5.43. The molecule has 1 N–H and O–H groups in total. The number of nitrogens with zero attached hydrogens (tertiary/aromatic N) is 3. The van der Waals surface area contributed by atoms with E-state index in [0.29, 0.717) is 19.0 Å². The molecule has 1 aliphatic rings. The summed E-state index contributed by atoms with van der Waals surface area (Å²) in [5, 5.41) is 8.62. The zero-order chi connectivity index (χ0) is 14.0. The standard InChI is InChI=1S/C13H21ClN4O/c1-4-18-11(13(14)9(2)16-18)7-15-10-5-6-12(19)17(3)8-10/h10,15H,4-8H2,1-3H3. The van der Waals surface area contributed by atoms with Crippen LogP contribution in [-0.2, 0) is 17.9 Å². The molecule has 1 aromatic heterocycles. The van der Waals surface area contributed by atoms with Gasteiger partial charge in [0, 0.05) is 39.1 Å². The van der Waals surface area contributed by atoms with E-state index >= 15 is 0 Å². The number of hydrogen-bond donors (Lipinski definition) is 1. The Kier molecular flexibility index (Phi) is 4.47. The Bertz CT molecular complexity index is 471.